The second-order valence-corrected chi connectivity index (χ2v) is 5.00. The zero-order valence-corrected chi connectivity index (χ0v) is 11.7. The molecule has 6 heteroatoms. The normalized spacial score (nSPS) is 20.9. The number of rotatable bonds is 6. The van der Waals surface area contributed by atoms with Gasteiger partial charge in [0.2, 0.25) is 0 Å². The number of ether oxygens (including phenoxy) is 1. The number of carbonyl (C=O) groups excluding carboxylic acids is 1. The zero-order valence-electron chi connectivity index (χ0n) is 11.7. The van der Waals surface area contributed by atoms with Gasteiger partial charge in [0, 0.05) is 26.7 Å². The molecule has 1 rings (SSSR count). The van der Waals surface area contributed by atoms with Crippen LogP contribution in [0.2, 0.25) is 0 Å². The highest BCUT2D eigenvalue weighted by molar-refractivity contribution is 5.74. The van der Waals surface area contributed by atoms with Crippen molar-refractivity contribution in [2.24, 2.45) is 5.92 Å². The van der Waals surface area contributed by atoms with Crippen molar-refractivity contribution in [2.75, 3.05) is 26.7 Å². The first-order valence-electron chi connectivity index (χ1n) is 6.84. The molecule has 1 aliphatic heterocycles. The van der Waals surface area contributed by atoms with Crippen LogP contribution in [0.4, 0.5) is 4.79 Å². The Balaban J connectivity index is 2.35. The van der Waals surface area contributed by atoms with Crippen molar-refractivity contribution in [3.8, 4) is 0 Å². The van der Waals surface area contributed by atoms with E-state index in [4.69, 9.17) is 9.84 Å². The molecule has 1 heterocycles. The van der Waals surface area contributed by atoms with Crippen molar-refractivity contribution in [1.82, 2.24) is 10.2 Å². The lowest BCUT2D eigenvalue weighted by atomic mass is 9.96. The van der Waals surface area contributed by atoms with E-state index < -0.39 is 12.1 Å². The highest BCUT2D eigenvalue weighted by atomic mass is 16.5. The molecule has 2 amide bonds. The van der Waals surface area contributed by atoms with E-state index in [2.05, 4.69) is 12.2 Å². The number of hydrogen-bond acceptors (Lipinski definition) is 3. The number of carbonyl (C=O) groups is 2. The molecule has 110 valence electrons. The lowest BCUT2D eigenvalue weighted by Crippen LogP contribution is -2.47. The van der Waals surface area contributed by atoms with Crippen LogP contribution in [0.15, 0.2) is 0 Å². The van der Waals surface area contributed by atoms with Crippen molar-refractivity contribution in [2.45, 2.75) is 38.7 Å². The van der Waals surface area contributed by atoms with Gasteiger partial charge in [0.25, 0.3) is 0 Å². The third-order valence-corrected chi connectivity index (χ3v) is 3.60. The largest absolute Gasteiger partial charge is 0.481 e. The zero-order chi connectivity index (χ0) is 14.3. The molecule has 2 atom stereocenters. The average Bonchev–Trinajstić information content (AvgIpc) is 2.42. The number of likely N-dealkylation sites (tertiary alicyclic amines) is 1. The molecule has 2 N–H and O–H groups in total. The number of carboxylic acids is 1. The molecule has 1 saturated heterocycles. The quantitative estimate of drug-likeness (QED) is 0.764. The lowest BCUT2D eigenvalue weighted by molar-refractivity contribution is -0.139. The van der Waals surface area contributed by atoms with Gasteiger partial charge in [0.15, 0.2) is 0 Å². The molecule has 6 nitrogen and oxygen atoms in total. The molecule has 1 aliphatic rings. The second-order valence-electron chi connectivity index (χ2n) is 5.00. The van der Waals surface area contributed by atoms with Gasteiger partial charge >= 0.3 is 12.0 Å². The van der Waals surface area contributed by atoms with Gasteiger partial charge in [0.05, 0.1) is 12.5 Å². The van der Waals surface area contributed by atoms with Crippen LogP contribution < -0.4 is 5.32 Å². The van der Waals surface area contributed by atoms with Crippen LogP contribution >= 0.6 is 0 Å². The number of nitrogens with zero attached hydrogens (tertiary/aromatic N) is 1. The van der Waals surface area contributed by atoms with E-state index in [1.54, 1.807) is 0 Å². The van der Waals surface area contributed by atoms with Crippen molar-refractivity contribution >= 4 is 12.0 Å². The minimum atomic E-state index is -0.926. The Labute approximate surface area is 114 Å². The average molecular weight is 272 g/mol. The summed E-state index contributed by atoms with van der Waals surface area (Å²) in [5.74, 6) is -0.345. The lowest BCUT2D eigenvalue weighted by Gasteiger charge is -2.32. The van der Waals surface area contributed by atoms with Crippen LogP contribution in [0.3, 0.4) is 0 Å². The molecule has 0 aromatic heterocycles. The topological polar surface area (TPSA) is 78.9 Å². The van der Waals surface area contributed by atoms with Gasteiger partial charge in [0.1, 0.15) is 0 Å². The molecule has 2 unspecified atom stereocenters. The Morgan fingerprint density at radius 3 is 2.84 bits per heavy atom. The first-order chi connectivity index (χ1) is 9.06. The molecular formula is C13H24N2O4. The Hall–Kier alpha value is -1.30. The second kappa shape index (κ2) is 7.99. The van der Waals surface area contributed by atoms with E-state index in [1.165, 1.54) is 13.5 Å². The maximum absolute atomic E-state index is 12.0. The molecule has 0 radical (unpaired) electrons. The van der Waals surface area contributed by atoms with Gasteiger partial charge in [-0.15, -0.1) is 0 Å². The Morgan fingerprint density at radius 1 is 1.53 bits per heavy atom. The number of amides is 2. The summed E-state index contributed by atoms with van der Waals surface area (Å²) in [6.45, 7) is 3.94. The maximum atomic E-state index is 12.0. The molecule has 0 bridgehead atoms. The minimum Gasteiger partial charge on any atom is -0.481 e. The fourth-order valence-electron chi connectivity index (χ4n) is 2.33. The summed E-state index contributed by atoms with van der Waals surface area (Å²) < 4.78 is 5.03. The van der Waals surface area contributed by atoms with Crippen LogP contribution in [0.5, 0.6) is 0 Å². The SMILES string of the molecule is CCC1CCCN(C(=O)NCC(CC(=O)O)OC)C1. The molecular weight excluding hydrogens is 248 g/mol. The van der Waals surface area contributed by atoms with Crippen LogP contribution in [0, 0.1) is 5.92 Å². The van der Waals surface area contributed by atoms with Gasteiger partial charge in [-0.2, -0.15) is 0 Å². The smallest absolute Gasteiger partial charge is 0.317 e. The Morgan fingerprint density at radius 2 is 2.26 bits per heavy atom. The summed E-state index contributed by atoms with van der Waals surface area (Å²) in [5.41, 5.74) is 0. The number of hydrogen-bond donors (Lipinski definition) is 2. The number of methoxy groups -OCH3 is 1. The molecule has 0 spiro atoms. The predicted molar refractivity (Wildman–Crippen MR) is 71.0 cm³/mol. The summed E-state index contributed by atoms with van der Waals surface area (Å²) in [6, 6.07) is -0.120. The minimum absolute atomic E-state index is 0.103. The van der Waals surface area contributed by atoms with E-state index in [0.29, 0.717) is 5.92 Å². The number of carboxylic acid groups (broad SMARTS) is 1. The van der Waals surface area contributed by atoms with Crippen molar-refractivity contribution in [1.29, 1.82) is 0 Å². The maximum Gasteiger partial charge on any atom is 0.317 e. The fourth-order valence-corrected chi connectivity index (χ4v) is 2.33. The van der Waals surface area contributed by atoms with E-state index in [0.717, 1.165) is 25.9 Å². The number of nitrogens with one attached hydrogen (secondary N) is 1. The van der Waals surface area contributed by atoms with Gasteiger partial charge in [-0.05, 0) is 18.8 Å². The van der Waals surface area contributed by atoms with E-state index >= 15 is 0 Å². The summed E-state index contributed by atoms with van der Waals surface area (Å²) in [4.78, 5) is 24.4. The van der Waals surface area contributed by atoms with Crippen LogP contribution in [0.1, 0.15) is 32.6 Å². The number of piperidine rings is 1. The van der Waals surface area contributed by atoms with Gasteiger partial charge in [-0.1, -0.05) is 13.3 Å². The highest BCUT2D eigenvalue weighted by Crippen LogP contribution is 2.18. The molecule has 0 aromatic carbocycles. The van der Waals surface area contributed by atoms with Crippen LogP contribution in [0.25, 0.3) is 0 Å². The van der Waals surface area contributed by atoms with Gasteiger partial charge in [-0.25, -0.2) is 4.79 Å². The predicted octanol–water partition coefficient (Wildman–Crippen LogP) is 1.31. The van der Waals surface area contributed by atoms with Gasteiger partial charge < -0.3 is 20.1 Å². The van der Waals surface area contributed by atoms with Crippen molar-refractivity contribution < 1.29 is 19.4 Å². The summed E-state index contributed by atoms with van der Waals surface area (Å²) in [7, 11) is 1.45. The molecule has 19 heavy (non-hydrogen) atoms. The monoisotopic (exact) mass is 272 g/mol. The first-order valence-corrected chi connectivity index (χ1v) is 6.84. The summed E-state index contributed by atoms with van der Waals surface area (Å²) in [6.07, 6.45) is 2.72. The summed E-state index contributed by atoms with van der Waals surface area (Å²) >= 11 is 0. The third kappa shape index (κ3) is 5.46. The molecule has 0 saturated carbocycles. The summed E-state index contributed by atoms with van der Waals surface area (Å²) in [5, 5.41) is 11.4. The highest BCUT2D eigenvalue weighted by Gasteiger charge is 2.23. The molecule has 0 aromatic rings. The van der Waals surface area contributed by atoms with Crippen LogP contribution in [-0.4, -0.2) is 54.9 Å². The van der Waals surface area contributed by atoms with Crippen molar-refractivity contribution in [3.63, 3.8) is 0 Å². The number of aliphatic carboxylic acids is 1. The Kier molecular flexibility index (Phi) is 6.62. The standard InChI is InChI=1S/C13H24N2O4/c1-3-10-5-4-6-15(9-10)13(18)14-8-11(19-2)7-12(16)17/h10-11H,3-9H2,1-2H3,(H,14,18)(H,16,17). The third-order valence-electron chi connectivity index (χ3n) is 3.60. The van der Waals surface area contributed by atoms with Crippen LogP contribution in [-0.2, 0) is 9.53 Å². The Bertz CT molecular complexity index is 309. The van der Waals surface area contributed by atoms with E-state index in [1.807, 2.05) is 4.90 Å². The van der Waals surface area contributed by atoms with Gasteiger partial charge in [-0.3, -0.25) is 4.79 Å². The van der Waals surface area contributed by atoms with E-state index in [-0.39, 0.29) is 19.0 Å². The molecule has 0 aliphatic carbocycles. The van der Waals surface area contributed by atoms with E-state index in [9.17, 15) is 9.59 Å². The fraction of sp³-hybridized carbons (Fsp3) is 0.846. The number of urea groups is 1. The first kappa shape index (κ1) is 15.8. The molecule has 1 fully saturated rings. The van der Waals surface area contributed by atoms with Crippen molar-refractivity contribution in [3.05, 3.63) is 0 Å².